The number of benzene rings is 1. The summed E-state index contributed by atoms with van der Waals surface area (Å²) in [6.07, 6.45) is 2.69. The zero-order valence-electron chi connectivity index (χ0n) is 14.8. The van der Waals surface area contributed by atoms with E-state index in [1.807, 2.05) is 6.92 Å². The van der Waals surface area contributed by atoms with Crippen LogP contribution in [0.3, 0.4) is 0 Å². The van der Waals surface area contributed by atoms with Crippen LogP contribution in [0.1, 0.15) is 32.6 Å². The first kappa shape index (κ1) is 20.3. The van der Waals surface area contributed by atoms with E-state index in [4.69, 9.17) is 0 Å². The number of piperidine rings is 1. The summed E-state index contributed by atoms with van der Waals surface area (Å²) in [5, 5.41) is 0. The summed E-state index contributed by atoms with van der Waals surface area (Å²) in [7, 11) is -5.44. The Kier molecular flexibility index (Phi) is 6.98. The third kappa shape index (κ3) is 5.24. The van der Waals surface area contributed by atoms with Crippen molar-refractivity contribution in [2.24, 2.45) is 0 Å². The monoisotopic (exact) mass is 389 g/mol. The molecule has 0 aromatic heterocycles. The van der Waals surface area contributed by atoms with Crippen molar-refractivity contribution < 1.29 is 16.8 Å². The maximum Gasteiger partial charge on any atom is 0.281 e. The molecule has 1 aliphatic heterocycles. The molecule has 0 saturated carbocycles. The Labute approximate surface area is 151 Å². The van der Waals surface area contributed by atoms with Crippen LogP contribution in [0.5, 0.6) is 0 Å². The smallest absolute Gasteiger partial charge is 0.208 e. The molecule has 142 valence electrons. The van der Waals surface area contributed by atoms with E-state index in [1.165, 1.54) is 8.61 Å². The Bertz CT molecular complexity index is 743. The average molecular weight is 390 g/mol. The largest absolute Gasteiger partial charge is 0.281 e. The fraction of sp³-hybridized carbons (Fsp3) is 0.625. The van der Waals surface area contributed by atoms with Gasteiger partial charge in [-0.05, 0) is 31.4 Å². The fourth-order valence-corrected chi connectivity index (χ4v) is 5.54. The van der Waals surface area contributed by atoms with Crippen LogP contribution in [-0.2, 0) is 20.2 Å². The molecule has 0 aliphatic carbocycles. The second kappa shape index (κ2) is 8.59. The molecule has 1 N–H and O–H groups in total. The Morgan fingerprint density at radius 3 is 2.28 bits per heavy atom. The van der Waals surface area contributed by atoms with Gasteiger partial charge in [0.05, 0.1) is 4.90 Å². The van der Waals surface area contributed by atoms with E-state index in [0.717, 1.165) is 12.8 Å². The summed E-state index contributed by atoms with van der Waals surface area (Å²) < 4.78 is 55.2. The van der Waals surface area contributed by atoms with Crippen LogP contribution in [0.25, 0.3) is 0 Å². The molecule has 1 fully saturated rings. The van der Waals surface area contributed by atoms with Crippen LogP contribution in [0.4, 0.5) is 0 Å². The van der Waals surface area contributed by atoms with Crippen molar-refractivity contribution in [2.75, 3.05) is 26.7 Å². The number of nitrogens with zero attached hydrogens (tertiary/aromatic N) is 2. The summed E-state index contributed by atoms with van der Waals surface area (Å²) in [6.45, 7) is 3.16. The minimum absolute atomic E-state index is 0.226. The Hall–Kier alpha value is -1.00. The summed E-state index contributed by atoms with van der Waals surface area (Å²) in [5.74, 6) is 0. The number of hydrogen-bond donors (Lipinski definition) is 1. The van der Waals surface area contributed by atoms with Gasteiger partial charge in [0.25, 0.3) is 10.2 Å². The maximum absolute atomic E-state index is 12.5. The highest BCUT2D eigenvalue weighted by molar-refractivity contribution is 7.89. The van der Waals surface area contributed by atoms with Crippen LogP contribution in [0.2, 0.25) is 0 Å². The molecule has 9 heteroatoms. The van der Waals surface area contributed by atoms with Gasteiger partial charge < -0.3 is 0 Å². The van der Waals surface area contributed by atoms with Gasteiger partial charge >= 0.3 is 0 Å². The van der Waals surface area contributed by atoms with Gasteiger partial charge in [-0.25, -0.2) is 13.1 Å². The number of hydrogen-bond acceptors (Lipinski definition) is 4. The van der Waals surface area contributed by atoms with Gasteiger partial charge in [-0.1, -0.05) is 31.5 Å². The minimum atomic E-state index is -3.57. The molecule has 1 aromatic carbocycles. The van der Waals surface area contributed by atoms with Crippen molar-refractivity contribution >= 4 is 20.2 Å². The van der Waals surface area contributed by atoms with Gasteiger partial charge in [0, 0.05) is 32.7 Å². The Morgan fingerprint density at radius 1 is 1.12 bits per heavy atom. The molecule has 1 heterocycles. The topological polar surface area (TPSA) is 86.8 Å². The molecule has 1 aliphatic rings. The zero-order valence-corrected chi connectivity index (χ0v) is 16.4. The normalized spacial score (nSPS) is 17.9. The summed E-state index contributed by atoms with van der Waals surface area (Å²) in [4.78, 5) is 0.226. The molecule has 1 aromatic rings. The average Bonchev–Trinajstić information content (AvgIpc) is 2.60. The molecule has 0 radical (unpaired) electrons. The molecule has 0 amide bonds. The molecular weight excluding hydrogens is 362 g/mol. The van der Waals surface area contributed by atoms with E-state index in [-0.39, 0.29) is 10.9 Å². The minimum Gasteiger partial charge on any atom is -0.208 e. The van der Waals surface area contributed by atoms with Crippen molar-refractivity contribution in [1.29, 1.82) is 0 Å². The van der Waals surface area contributed by atoms with Crippen molar-refractivity contribution in [3.05, 3.63) is 30.3 Å². The lowest BCUT2D eigenvalue weighted by atomic mass is 10.1. The van der Waals surface area contributed by atoms with Crippen LogP contribution in [0, 0.1) is 0 Å². The summed E-state index contributed by atoms with van der Waals surface area (Å²) >= 11 is 0. The zero-order chi connectivity index (χ0) is 18.5. The lowest BCUT2D eigenvalue weighted by molar-refractivity contribution is 0.287. The number of unbranched alkanes of at least 4 members (excludes halogenated alkanes) is 1. The molecule has 0 unspecified atom stereocenters. The van der Waals surface area contributed by atoms with Crippen LogP contribution in [-0.4, -0.2) is 58.2 Å². The maximum atomic E-state index is 12.5. The van der Waals surface area contributed by atoms with Crippen molar-refractivity contribution in [3.63, 3.8) is 0 Å². The first-order valence-corrected chi connectivity index (χ1v) is 11.4. The lowest BCUT2D eigenvalue weighted by Gasteiger charge is -2.33. The van der Waals surface area contributed by atoms with E-state index in [1.54, 1.807) is 37.4 Å². The van der Waals surface area contributed by atoms with Gasteiger partial charge in [-0.2, -0.15) is 17.0 Å². The van der Waals surface area contributed by atoms with E-state index in [0.29, 0.717) is 32.5 Å². The highest BCUT2D eigenvalue weighted by Crippen LogP contribution is 2.18. The number of rotatable bonds is 8. The Morgan fingerprint density at radius 2 is 1.72 bits per heavy atom. The fourth-order valence-electron chi connectivity index (χ4n) is 2.78. The first-order chi connectivity index (χ1) is 11.8. The second-order valence-corrected chi connectivity index (χ2v) is 10.0. The molecule has 7 nitrogen and oxygen atoms in total. The second-order valence-electron chi connectivity index (χ2n) is 6.29. The third-order valence-corrected chi connectivity index (χ3v) is 7.90. The van der Waals surface area contributed by atoms with Gasteiger partial charge in [0.15, 0.2) is 0 Å². The molecule has 25 heavy (non-hydrogen) atoms. The first-order valence-electron chi connectivity index (χ1n) is 8.56. The van der Waals surface area contributed by atoms with Crippen LogP contribution >= 0.6 is 0 Å². The predicted molar refractivity (Wildman–Crippen MR) is 97.8 cm³/mol. The van der Waals surface area contributed by atoms with Crippen LogP contribution < -0.4 is 4.72 Å². The van der Waals surface area contributed by atoms with Crippen LogP contribution in [0.15, 0.2) is 35.2 Å². The Balaban J connectivity index is 1.93. The quantitative estimate of drug-likeness (QED) is 0.728. The van der Waals surface area contributed by atoms with Crippen molar-refractivity contribution in [3.8, 4) is 0 Å². The highest BCUT2D eigenvalue weighted by Gasteiger charge is 2.32. The molecule has 0 bridgehead atoms. The highest BCUT2D eigenvalue weighted by atomic mass is 32.2. The summed E-state index contributed by atoms with van der Waals surface area (Å²) in [6, 6.07) is 7.95. The molecule has 0 spiro atoms. The van der Waals surface area contributed by atoms with E-state index < -0.39 is 20.2 Å². The molecular formula is C16H27N3O4S2. The van der Waals surface area contributed by atoms with Crippen molar-refractivity contribution in [2.45, 2.75) is 43.5 Å². The van der Waals surface area contributed by atoms with Gasteiger partial charge in [0.1, 0.15) is 0 Å². The molecule has 2 rings (SSSR count). The standard InChI is InChI=1S/C16H27N3O4S2/c1-3-4-12-18(2)25(22,23)19-13-10-15(11-14-19)17-24(20,21)16-8-6-5-7-9-16/h5-9,15,17H,3-4,10-14H2,1-2H3. The SMILES string of the molecule is CCCCN(C)S(=O)(=O)N1CCC(NS(=O)(=O)c2ccccc2)CC1. The van der Waals surface area contributed by atoms with E-state index >= 15 is 0 Å². The van der Waals surface area contributed by atoms with Gasteiger partial charge in [-0.15, -0.1) is 0 Å². The summed E-state index contributed by atoms with van der Waals surface area (Å²) in [5.41, 5.74) is 0. The third-order valence-electron chi connectivity index (χ3n) is 4.38. The van der Waals surface area contributed by atoms with E-state index in [2.05, 4.69) is 4.72 Å². The molecule has 1 saturated heterocycles. The number of sulfonamides is 1. The lowest BCUT2D eigenvalue weighted by Crippen LogP contribution is -2.50. The predicted octanol–water partition coefficient (Wildman–Crippen LogP) is 1.41. The van der Waals surface area contributed by atoms with Crippen molar-refractivity contribution in [1.82, 2.24) is 13.3 Å². The van der Waals surface area contributed by atoms with Gasteiger partial charge in [-0.3, -0.25) is 0 Å². The van der Waals surface area contributed by atoms with E-state index in [9.17, 15) is 16.8 Å². The number of nitrogens with one attached hydrogen (secondary N) is 1. The molecule has 0 atom stereocenters. The van der Waals surface area contributed by atoms with Gasteiger partial charge in [0.2, 0.25) is 10.0 Å².